The molecule has 1 aliphatic rings. The predicted molar refractivity (Wildman–Crippen MR) is 169 cm³/mol. The summed E-state index contributed by atoms with van der Waals surface area (Å²) in [7, 11) is 0. The van der Waals surface area contributed by atoms with Crippen LogP contribution in [0.15, 0.2) is 73.2 Å². The summed E-state index contributed by atoms with van der Waals surface area (Å²) < 4.78 is 30.4. The normalized spacial score (nSPS) is 14.2. The number of nitrogens with zero attached hydrogens (tertiary/aromatic N) is 5. The maximum Gasteiger partial charge on any atom is 0.307 e. The van der Waals surface area contributed by atoms with Gasteiger partial charge in [-0.1, -0.05) is 29.8 Å². The minimum absolute atomic E-state index is 0.0340. The highest BCUT2D eigenvalue weighted by Gasteiger charge is 2.23. The Hall–Kier alpha value is -4.41. The summed E-state index contributed by atoms with van der Waals surface area (Å²) in [5.74, 6) is 0.502. The summed E-state index contributed by atoms with van der Waals surface area (Å²) in [6, 6.07) is 17.8. The van der Waals surface area contributed by atoms with Crippen LogP contribution in [0.4, 0.5) is 4.39 Å². The average molecular weight is 632 g/mol. The molecule has 0 aliphatic carbocycles. The predicted octanol–water partition coefficient (Wildman–Crippen LogP) is 6.34. The zero-order chi connectivity index (χ0) is 31.3. The lowest BCUT2D eigenvalue weighted by atomic mass is 10.1. The Morgan fingerprint density at radius 1 is 1.07 bits per heavy atom. The Morgan fingerprint density at radius 3 is 2.69 bits per heavy atom. The number of carboxylic acids is 1. The molecule has 1 N–H and O–H groups in total. The monoisotopic (exact) mass is 631 g/mol. The van der Waals surface area contributed by atoms with Gasteiger partial charge in [0, 0.05) is 30.9 Å². The van der Waals surface area contributed by atoms with E-state index in [1.807, 2.05) is 55.0 Å². The van der Waals surface area contributed by atoms with Crippen LogP contribution in [-0.4, -0.2) is 54.3 Å². The lowest BCUT2D eigenvalue weighted by Gasteiger charge is -2.32. The number of halogens is 2. The van der Waals surface area contributed by atoms with E-state index in [0.29, 0.717) is 18.1 Å². The van der Waals surface area contributed by atoms with Gasteiger partial charge in [-0.05, 0) is 73.4 Å². The van der Waals surface area contributed by atoms with Crippen molar-refractivity contribution < 1.29 is 23.8 Å². The molecule has 1 fully saturated rings. The molecule has 11 heteroatoms. The molecule has 6 rings (SSSR count). The fourth-order valence-corrected chi connectivity index (χ4v) is 5.92. The van der Waals surface area contributed by atoms with Gasteiger partial charge in [0.2, 0.25) is 0 Å². The zero-order valence-electron chi connectivity index (χ0n) is 25.0. The lowest BCUT2D eigenvalue weighted by Crippen LogP contribution is -2.38. The number of carbonyl (C=O) groups is 1. The van der Waals surface area contributed by atoms with Gasteiger partial charge in [0.05, 0.1) is 42.6 Å². The van der Waals surface area contributed by atoms with E-state index in [9.17, 15) is 14.3 Å². The third-order valence-corrected chi connectivity index (χ3v) is 8.33. The van der Waals surface area contributed by atoms with Gasteiger partial charge in [-0.2, -0.15) is 0 Å². The molecule has 0 saturated carbocycles. The second-order valence-electron chi connectivity index (χ2n) is 11.3. The summed E-state index contributed by atoms with van der Waals surface area (Å²) in [5.41, 5.74) is 4.47. The third-order valence-electron chi connectivity index (χ3n) is 8.10. The lowest BCUT2D eigenvalue weighted by molar-refractivity contribution is -0.136. The highest BCUT2D eigenvalue weighted by molar-refractivity contribution is 6.30. The number of hydrogen-bond acceptors (Lipinski definition) is 6. The number of aromatic nitrogens is 4. The SMILES string of the molecule is CCn1cncc1Cn1c(CN2CCC(Oc3cccc(COc4ccc(Cl)cc4F)c3)CC2)nc2ccc(CC(=O)O)cc21. The van der Waals surface area contributed by atoms with Gasteiger partial charge >= 0.3 is 5.97 Å². The number of piperidine rings is 1. The smallest absolute Gasteiger partial charge is 0.307 e. The third kappa shape index (κ3) is 7.46. The number of rotatable bonds is 12. The van der Waals surface area contributed by atoms with Crippen molar-refractivity contribution in [2.24, 2.45) is 0 Å². The quantitative estimate of drug-likeness (QED) is 0.172. The molecule has 0 atom stereocenters. The second-order valence-corrected chi connectivity index (χ2v) is 11.7. The molecule has 0 bridgehead atoms. The summed E-state index contributed by atoms with van der Waals surface area (Å²) in [4.78, 5) is 23.1. The van der Waals surface area contributed by atoms with Crippen LogP contribution in [0.1, 0.15) is 42.4 Å². The van der Waals surface area contributed by atoms with Gasteiger partial charge in [0.15, 0.2) is 11.6 Å². The Labute approximate surface area is 265 Å². The van der Waals surface area contributed by atoms with Crippen molar-refractivity contribution in [3.63, 3.8) is 0 Å². The van der Waals surface area contributed by atoms with Gasteiger partial charge in [-0.3, -0.25) is 9.69 Å². The molecule has 1 saturated heterocycles. The average Bonchev–Trinajstić information content (AvgIpc) is 3.61. The molecular weight excluding hydrogens is 597 g/mol. The molecule has 0 amide bonds. The van der Waals surface area contributed by atoms with Crippen LogP contribution in [0.5, 0.6) is 11.5 Å². The van der Waals surface area contributed by atoms with Gasteiger partial charge < -0.3 is 23.7 Å². The van der Waals surface area contributed by atoms with E-state index in [1.165, 1.54) is 12.1 Å². The zero-order valence-corrected chi connectivity index (χ0v) is 25.8. The molecule has 1 aliphatic heterocycles. The van der Waals surface area contributed by atoms with Gasteiger partial charge in [0.25, 0.3) is 0 Å². The van der Waals surface area contributed by atoms with Gasteiger partial charge in [0.1, 0.15) is 24.3 Å². The summed E-state index contributed by atoms with van der Waals surface area (Å²) in [6.07, 6.45) is 5.47. The first-order valence-electron chi connectivity index (χ1n) is 15.1. The van der Waals surface area contributed by atoms with Gasteiger partial charge in [-0.25, -0.2) is 14.4 Å². The molecule has 9 nitrogen and oxygen atoms in total. The van der Waals surface area contributed by atoms with E-state index in [2.05, 4.69) is 25.9 Å². The second kappa shape index (κ2) is 13.7. The number of aliphatic carboxylic acids is 1. The van der Waals surface area contributed by atoms with Crippen LogP contribution in [0.3, 0.4) is 0 Å². The molecule has 45 heavy (non-hydrogen) atoms. The van der Waals surface area contributed by atoms with Crippen molar-refractivity contribution in [1.82, 2.24) is 24.0 Å². The van der Waals surface area contributed by atoms with E-state index in [1.54, 1.807) is 6.07 Å². The Bertz CT molecular complexity index is 1800. The van der Waals surface area contributed by atoms with Crippen LogP contribution < -0.4 is 9.47 Å². The molecule has 0 spiro atoms. The number of aryl methyl sites for hydroxylation is 1. The molecule has 3 aromatic carbocycles. The molecule has 0 radical (unpaired) electrons. The number of ether oxygens (including phenoxy) is 2. The maximum absolute atomic E-state index is 14.1. The number of likely N-dealkylation sites (tertiary alicyclic amines) is 1. The maximum atomic E-state index is 14.1. The van der Waals surface area contributed by atoms with Crippen molar-refractivity contribution in [2.45, 2.75) is 58.5 Å². The standard InChI is InChI=1S/C34H35ClFN5O4/c1-2-40-22-37-18-26(40)19-41-31-15-23(16-34(42)43)6-8-30(31)38-33(41)20-39-12-10-27(11-13-39)45-28-5-3-4-24(14-28)21-44-32-9-7-25(35)17-29(32)36/h3-9,14-15,17-18,22,27H,2,10-13,16,19-21H2,1H3,(H,42,43). The highest BCUT2D eigenvalue weighted by atomic mass is 35.5. The number of imidazole rings is 2. The van der Waals surface area contributed by atoms with E-state index in [4.69, 9.17) is 26.1 Å². The van der Waals surface area contributed by atoms with Crippen LogP contribution in [-0.2, 0) is 37.5 Å². The minimum atomic E-state index is -0.858. The molecular formula is C34H35ClFN5O4. The molecule has 234 valence electrons. The Balaban J connectivity index is 1.10. The van der Waals surface area contributed by atoms with E-state index >= 15 is 0 Å². The van der Waals surface area contributed by atoms with Crippen molar-refractivity contribution >= 4 is 28.6 Å². The minimum Gasteiger partial charge on any atom is -0.490 e. The molecule has 5 aromatic rings. The topological polar surface area (TPSA) is 94.6 Å². The van der Waals surface area contributed by atoms with Gasteiger partial charge in [-0.15, -0.1) is 0 Å². The van der Waals surface area contributed by atoms with E-state index in [0.717, 1.165) is 71.9 Å². The van der Waals surface area contributed by atoms with Crippen molar-refractivity contribution in [2.75, 3.05) is 13.1 Å². The number of fused-ring (bicyclic) bond motifs is 1. The Kier molecular flexibility index (Phi) is 9.32. The summed E-state index contributed by atoms with van der Waals surface area (Å²) >= 11 is 5.84. The van der Waals surface area contributed by atoms with Crippen LogP contribution in [0.2, 0.25) is 5.02 Å². The number of hydrogen-bond donors (Lipinski definition) is 1. The van der Waals surface area contributed by atoms with Crippen molar-refractivity contribution in [1.29, 1.82) is 0 Å². The number of benzene rings is 3. The summed E-state index contributed by atoms with van der Waals surface area (Å²) in [6.45, 7) is 6.08. The molecule has 2 aromatic heterocycles. The fourth-order valence-electron chi connectivity index (χ4n) is 5.77. The molecule has 0 unspecified atom stereocenters. The Morgan fingerprint density at radius 2 is 1.91 bits per heavy atom. The first kappa shape index (κ1) is 30.6. The van der Waals surface area contributed by atoms with Crippen molar-refractivity contribution in [3.8, 4) is 11.5 Å². The van der Waals surface area contributed by atoms with E-state index in [-0.39, 0.29) is 24.9 Å². The molecule has 3 heterocycles. The first-order chi connectivity index (χ1) is 21.8. The first-order valence-corrected chi connectivity index (χ1v) is 15.5. The van der Waals surface area contributed by atoms with Crippen LogP contribution in [0, 0.1) is 5.82 Å². The highest BCUT2D eigenvalue weighted by Crippen LogP contribution is 2.26. The summed E-state index contributed by atoms with van der Waals surface area (Å²) in [5, 5.41) is 9.67. The largest absolute Gasteiger partial charge is 0.490 e. The van der Waals surface area contributed by atoms with Crippen LogP contribution >= 0.6 is 11.6 Å². The van der Waals surface area contributed by atoms with Crippen LogP contribution in [0.25, 0.3) is 11.0 Å². The van der Waals surface area contributed by atoms with Crippen molar-refractivity contribution in [3.05, 3.63) is 107 Å². The fraction of sp³-hybridized carbons (Fsp3) is 0.324. The van der Waals surface area contributed by atoms with E-state index < -0.39 is 11.8 Å². The number of carboxylic acid groups (broad SMARTS) is 1.